The molecule has 2 aromatic carbocycles. The topological polar surface area (TPSA) is 36.9 Å². The number of rotatable bonds is 6. The predicted octanol–water partition coefficient (Wildman–Crippen LogP) is 3.29. The highest BCUT2D eigenvalue weighted by Crippen LogP contribution is 2.34. The Morgan fingerprint density at radius 3 is 1.85 bits per heavy atom. The van der Waals surface area contributed by atoms with E-state index in [0.29, 0.717) is 23.9 Å². The van der Waals surface area contributed by atoms with Crippen molar-refractivity contribution in [2.24, 2.45) is 0 Å². The molecule has 0 aromatic heterocycles. The molecule has 20 heavy (non-hydrogen) atoms. The monoisotopic (exact) mass is 274 g/mol. The first kappa shape index (κ1) is 14.1. The molecular formula is C16H18O4. The summed E-state index contributed by atoms with van der Waals surface area (Å²) in [6, 6.07) is 13.2. The molecule has 0 saturated carbocycles. The van der Waals surface area contributed by atoms with E-state index in [0.717, 1.165) is 11.3 Å². The van der Waals surface area contributed by atoms with Gasteiger partial charge in [0.15, 0.2) is 0 Å². The van der Waals surface area contributed by atoms with Crippen molar-refractivity contribution < 1.29 is 18.9 Å². The number of hydrogen-bond donors (Lipinski definition) is 0. The van der Waals surface area contributed by atoms with E-state index < -0.39 is 0 Å². The van der Waals surface area contributed by atoms with Crippen molar-refractivity contribution in [2.45, 2.75) is 6.61 Å². The van der Waals surface area contributed by atoms with Gasteiger partial charge in [-0.15, -0.1) is 0 Å². The van der Waals surface area contributed by atoms with Gasteiger partial charge in [-0.05, 0) is 12.1 Å². The molecule has 0 fully saturated rings. The molecule has 4 nitrogen and oxygen atoms in total. The molecule has 0 aliphatic heterocycles. The second-order valence-electron chi connectivity index (χ2n) is 4.11. The molecule has 0 radical (unpaired) electrons. The summed E-state index contributed by atoms with van der Waals surface area (Å²) < 4.78 is 21.7. The van der Waals surface area contributed by atoms with Gasteiger partial charge in [-0.3, -0.25) is 0 Å². The Bertz CT molecular complexity index is 527. The van der Waals surface area contributed by atoms with Crippen molar-refractivity contribution in [1.82, 2.24) is 0 Å². The average Bonchev–Trinajstić information content (AvgIpc) is 2.52. The van der Waals surface area contributed by atoms with E-state index in [1.807, 2.05) is 42.5 Å². The van der Waals surface area contributed by atoms with Gasteiger partial charge in [0.1, 0.15) is 29.6 Å². The molecule has 0 saturated heterocycles. The van der Waals surface area contributed by atoms with Crippen LogP contribution in [-0.4, -0.2) is 21.3 Å². The van der Waals surface area contributed by atoms with Gasteiger partial charge in [0.2, 0.25) is 0 Å². The van der Waals surface area contributed by atoms with Gasteiger partial charge >= 0.3 is 0 Å². The molecule has 0 heterocycles. The first-order valence-electron chi connectivity index (χ1n) is 6.25. The lowest BCUT2D eigenvalue weighted by molar-refractivity contribution is 0.285. The van der Waals surface area contributed by atoms with Crippen LogP contribution in [0.2, 0.25) is 0 Å². The van der Waals surface area contributed by atoms with Gasteiger partial charge in [-0.1, -0.05) is 18.2 Å². The van der Waals surface area contributed by atoms with Crippen LogP contribution in [0.1, 0.15) is 5.56 Å². The van der Waals surface area contributed by atoms with Crippen LogP contribution in [0, 0.1) is 0 Å². The van der Waals surface area contributed by atoms with E-state index >= 15 is 0 Å². The zero-order valence-corrected chi connectivity index (χ0v) is 11.9. The number of hydrogen-bond acceptors (Lipinski definition) is 4. The molecule has 0 atom stereocenters. The van der Waals surface area contributed by atoms with E-state index in [2.05, 4.69) is 0 Å². The quantitative estimate of drug-likeness (QED) is 0.810. The normalized spacial score (nSPS) is 9.95. The highest BCUT2D eigenvalue weighted by molar-refractivity contribution is 5.50. The SMILES string of the molecule is COc1cc(OC)c(COc2ccccc2)c(OC)c1. The lowest BCUT2D eigenvalue weighted by Crippen LogP contribution is -2.02. The fourth-order valence-corrected chi connectivity index (χ4v) is 1.89. The maximum atomic E-state index is 5.75. The predicted molar refractivity (Wildman–Crippen MR) is 76.9 cm³/mol. The first-order valence-corrected chi connectivity index (χ1v) is 6.25. The molecule has 0 aliphatic carbocycles. The Morgan fingerprint density at radius 1 is 0.750 bits per heavy atom. The second kappa shape index (κ2) is 6.70. The fourth-order valence-electron chi connectivity index (χ4n) is 1.89. The Labute approximate surface area is 118 Å². The summed E-state index contributed by atoms with van der Waals surface area (Å²) >= 11 is 0. The summed E-state index contributed by atoms with van der Waals surface area (Å²) in [6.07, 6.45) is 0. The molecule has 0 amide bonds. The van der Waals surface area contributed by atoms with Crippen molar-refractivity contribution in [3.63, 3.8) is 0 Å². The third-order valence-electron chi connectivity index (χ3n) is 2.94. The molecule has 4 heteroatoms. The Kier molecular flexibility index (Phi) is 4.71. The van der Waals surface area contributed by atoms with Crippen LogP contribution in [0.25, 0.3) is 0 Å². The highest BCUT2D eigenvalue weighted by atomic mass is 16.5. The van der Waals surface area contributed by atoms with Crippen molar-refractivity contribution in [2.75, 3.05) is 21.3 Å². The first-order chi connectivity index (χ1) is 9.78. The van der Waals surface area contributed by atoms with E-state index in [9.17, 15) is 0 Å². The van der Waals surface area contributed by atoms with Gasteiger partial charge in [-0.25, -0.2) is 0 Å². The number of para-hydroxylation sites is 1. The van der Waals surface area contributed by atoms with E-state index in [1.54, 1.807) is 21.3 Å². The van der Waals surface area contributed by atoms with Crippen LogP contribution >= 0.6 is 0 Å². The highest BCUT2D eigenvalue weighted by Gasteiger charge is 2.13. The molecule has 0 unspecified atom stereocenters. The van der Waals surface area contributed by atoms with Gasteiger partial charge in [-0.2, -0.15) is 0 Å². The molecule has 2 rings (SSSR count). The summed E-state index contributed by atoms with van der Waals surface area (Å²) in [5.41, 5.74) is 0.847. The third kappa shape index (κ3) is 3.15. The molecule has 2 aromatic rings. The van der Waals surface area contributed by atoms with E-state index in [1.165, 1.54) is 0 Å². The Balaban J connectivity index is 2.25. The minimum atomic E-state index is 0.361. The molecule has 0 spiro atoms. The van der Waals surface area contributed by atoms with Gasteiger partial charge in [0.05, 0.1) is 26.9 Å². The zero-order valence-electron chi connectivity index (χ0n) is 11.9. The van der Waals surface area contributed by atoms with Crippen molar-refractivity contribution >= 4 is 0 Å². The average molecular weight is 274 g/mol. The minimum Gasteiger partial charge on any atom is -0.496 e. The van der Waals surface area contributed by atoms with Crippen molar-refractivity contribution in [1.29, 1.82) is 0 Å². The maximum Gasteiger partial charge on any atom is 0.132 e. The van der Waals surface area contributed by atoms with Crippen LogP contribution < -0.4 is 18.9 Å². The van der Waals surface area contributed by atoms with Crippen LogP contribution in [0.15, 0.2) is 42.5 Å². The Morgan fingerprint density at radius 2 is 1.35 bits per heavy atom. The van der Waals surface area contributed by atoms with Crippen LogP contribution in [-0.2, 0) is 6.61 Å². The van der Waals surface area contributed by atoms with Crippen LogP contribution in [0.4, 0.5) is 0 Å². The molecule has 106 valence electrons. The van der Waals surface area contributed by atoms with E-state index in [4.69, 9.17) is 18.9 Å². The van der Waals surface area contributed by atoms with Gasteiger partial charge in [0, 0.05) is 12.1 Å². The number of ether oxygens (including phenoxy) is 4. The minimum absolute atomic E-state index is 0.361. The van der Waals surface area contributed by atoms with Crippen LogP contribution in [0.3, 0.4) is 0 Å². The lowest BCUT2D eigenvalue weighted by atomic mass is 10.1. The lowest BCUT2D eigenvalue weighted by Gasteiger charge is -2.15. The molecule has 0 N–H and O–H groups in total. The summed E-state index contributed by atoms with van der Waals surface area (Å²) in [5, 5.41) is 0. The van der Waals surface area contributed by atoms with Crippen molar-refractivity contribution in [3.05, 3.63) is 48.0 Å². The molecule has 0 bridgehead atoms. The largest absolute Gasteiger partial charge is 0.496 e. The third-order valence-corrected chi connectivity index (χ3v) is 2.94. The fraction of sp³-hybridized carbons (Fsp3) is 0.250. The molecule has 0 aliphatic rings. The summed E-state index contributed by atoms with van der Waals surface area (Å²) in [6.45, 7) is 0.361. The standard InChI is InChI=1S/C16H18O4/c1-17-13-9-15(18-2)14(16(10-13)19-3)11-20-12-7-5-4-6-8-12/h4-10H,11H2,1-3H3. The Hall–Kier alpha value is -2.36. The summed E-state index contributed by atoms with van der Waals surface area (Å²) in [5.74, 6) is 2.84. The number of methoxy groups -OCH3 is 3. The number of benzene rings is 2. The smallest absolute Gasteiger partial charge is 0.132 e. The van der Waals surface area contributed by atoms with Gasteiger partial charge in [0.25, 0.3) is 0 Å². The van der Waals surface area contributed by atoms with Gasteiger partial charge < -0.3 is 18.9 Å². The van der Waals surface area contributed by atoms with Crippen molar-refractivity contribution in [3.8, 4) is 23.0 Å². The second-order valence-corrected chi connectivity index (χ2v) is 4.11. The molecular weight excluding hydrogens is 256 g/mol. The zero-order chi connectivity index (χ0) is 14.4. The summed E-state index contributed by atoms with van der Waals surface area (Å²) in [4.78, 5) is 0. The van der Waals surface area contributed by atoms with E-state index in [-0.39, 0.29) is 0 Å². The maximum absolute atomic E-state index is 5.75. The van der Waals surface area contributed by atoms with Crippen LogP contribution in [0.5, 0.6) is 23.0 Å². The summed E-state index contributed by atoms with van der Waals surface area (Å²) in [7, 11) is 4.83.